The Kier molecular flexibility index (Phi) is 3.12. The van der Waals surface area contributed by atoms with Crippen LogP contribution in [0.1, 0.15) is 21.3 Å². The first-order chi connectivity index (χ1) is 9.17. The normalized spacial score (nSPS) is 15.1. The van der Waals surface area contributed by atoms with Crippen molar-refractivity contribution in [3.63, 3.8) is 0 Å². The van der Waals surface area contributed by atoms with E-state index in [0.717, 1.165) is 8.66 Å². The minimum atomic E-state index is 0.0552. The third-order valence-electron chi connectivity index (χ3n) is 3.04. The molecule has 0 atom stereocenters. The van der Waals surface area contributed by atoms with E-state index in [9.17, 15) is 4.79 Å². The summed E-state index contributed by atoms with van der Waals surface area (Å²) in [5.41, 5.74) is 0.548. The number of rotatable bonds is 2. The standard InChI is InChI=1S/C12H9BrN4OS/c13-11-2-1-10(19-11)12(18)16-6-9(7-16)17-5-8(3-14)4-15-17/h1-2,4-5,9H,6-7H2. The number of likely N-dealkylation sites (tertiary alicyclic amines) is 1. The Labute approximate surface area is 122 Å². The zero-order chi connectivity index (χ0) is 13.4. The molecule has 2 aromatic heterocycles. The van der Waals surface area contributed by atoms with E-state index in [-0.39, 0.29) is 11.9 Å². The van der Waals surface area contributed by atoms with Crippen molar-refractivity contribution in [3.05, 3.63) is 38.8 Å². The van der Waals surface area contributed by atoms with Crippen molar-refractivity contribution in [3.8, 4) is 6.07 Å². The number of amides is 1. The summed E-state index contributed by atoms with van der Waals surface area (Å²) in [6, 6.07) is 5.92. The van der Waals surface area contributed by atoms with Crippen molar-refractivity contribution < 1.29 is 4.79 Å². The fourth-order valence-corrected chi connectivity index (χ4v) is 3.32. The quantitative estimate of drug-likeness (QED) is 0.845. The van der Waals surface area contributed by atoms with Crippen LogP contribution in [-0.2, 0) is 0 Å². The lowest BCUT2D eigenvalue weighted by molar-refractivity contribution is 0.0506. The van der Waals surface area contributed by atoms with Crippen LogP contribution in [0.25, 0.3) is 0 Å². The first-order valence-electron chi connectivity index (χ1n) is 5.66. The Bertz CT molecular complexity index is 665. The molecule has 3 rings (SSSR count). The highest BCUT2D eigenvalue weighted by Crippen LogP contribution is 2.27. The van der Waals surface area contributed by atoms with Crippen molar-refractivity contribution in [2.45, 2.75) is 6.04 Å². The van der Waals surface area contributed by atoms with Gasteiger partial charge in [-0.05, 0) is 28.1 Å². The van der Waals surface area contributed by atoms with E-state index in [1.807, 2.05) is 18.2 Å². The number of carbonyl (C=O) groups is 1. The average molecular weight is 337 g/mol. The van der Waals surface area contributed by atoms with E-state index in [1.165, 1.54) is 11.3 Å². The van der Waals surface area contributed by atoms with Crippen LogP contribution in [0, 0.1) is 11.3 Å². The minimum absolute atomic E-state index is 0.0552. The van der Waals surface area contributed by atoms with Crippen LogP contribution >= 0.6 is 27.3 Å². The van der Waals surface area contributed by atoms with Gasteiger partial charge >= 0.3 is 0 Å². The van der Waals surface area contributed by atoms with Crippen molar-refractivity contribution >= 4 is 33.2 Å². The number of aromatic nitrogens is 2. The molecule has 0 radical (unpaired) electrons. The molecule has 0 aliphatic carbocycles. The number of thiophene rings is 1. The lowest BCUT2D eigenvalue weighted by atomic mass is 10.1. The molecule has 0 saturated carbocycles. The first kappa shape index (κ1) is 12.4. The van der Waals surface area contributed by atoms with Crippen LogP contribution in [0.2, 0.25) is 0 Å². The predicted octanol–water partition coefficient (Wildman–Crippen LogP) is 2.28. The summed E-state index contributed by atoms with van der Waals surface area (Å²) in [5.74, 6) is 0.0552. The Morgan fingerprint density at radius 1 is 1.53 bits per heavy atom. The third kappa shape index (κ3) is 2.29. The number of nitrogens with zero attached hydrogens (tertiary/aromatic N) is 4. The molecule has 7 heteroatoms. The van der Waals surface area contributed by atoms with E-state index < -0.39 is 0 Å². The van der Waals surface area contributed by atoms with Gasteiger partial charge in [-0.3, -0.25) is 9.48 Å². The molecule has 0 spiro atoms. The van der Waals surface area contributed by atoms with Crippen molar-refractivity contribution in [1.29, 1.82) is 5.26 Å². The summed E-state index contributed by atoms with van der Waals surface area (Å²) < 4.78 is 2.71. The maximum absolute atomic E-state index is 12.1. The summed E-state index contributed by atoms with van der Waals surface area (Å²) in [6.45, 7) is 1.28. The second kappa shape index (κ2) is 4.79. The van der Waals surface area contributed by atoms with Gasteiger partial charge in [-0.1, -0.05) is 0 Å². The number of hydrogen-bond donors (Lipinski definition) is 0. The van der Waals surface area contributed by atoms with Gasteiger partial charge in [0.15, 0.2) is 0 Å². The molecule has 1 aliphatic heterocycles. The molecule has 1 aliphatic rings. The lowest BCUT2D eigenvalue weighted by Crippen LogP contribution is -2.50. The topological polar surface area (TPSA) is 61.9 Å². The zero-order valence-corrected chi connectivity index (χ0v) is 12.2. The van der Waals surface area contributed by atoms with Gasteiger partial charge in [-0.25, -0.2) is 0 Å². The molecule has 0 bridgehead atoms. The van der Waals surface area contributed by atoms with Gasteiger partial charge in [0.05, 0.1) is 26.5 Å². The van der Waals surface area contributed by atoms with Gasteiger partial charge in [0, 0.05) is 19.3 Å². The number of hydrogen-bond acceptors (Lipinski definition) is 4. The summed E-state index contributed by atoms with van der Waals surface area (Å²) in [7, 11) is 0. The van der Waals surface area contributed by atoms with Crippen LogP contribution in [0.3, 0.4) is 0 Å². The molecule has 19 heavy (non-hydrogen) atoms. The second-order valence-electron chi connectivity index (χ2n) is 4.29. The van der Waals surface area contributed by atoms with E-state index >= 15 is 0 Å². The van der Waals surface area contributed by atoms with Crippen LogP contribution in [0.4, 0.5) is 0 Å². The SMILES string of the molecule is N#Cc1cnn(C2CN(C(=O)c3ccc(Br)s3)C2)c1. The molecule has 1 amide bonds. The van der Waals surface area contributed by atoms with E-state index in [1.54, 1.807) is 22.0 Å². The Morgan fingerprint density at radius 2 is 2.32 bits per heavy atom. The second-order valence-corrected chi connectivity index (χ2v) is 6.75. The lowest BCUT2D eigenvalue weighted by Gasteiger charge is -2.38. The summed E-state index contributed by atoms with van der Waals surface area (Å²) in [5, 5.41) is 12.9. The number of halogens is 1. The molecule has 0 aromatic carbocycles. The van der Waals surface area contributed by atoms with Crippen molar-refractivity contribution in [2.24, 2.45) is 0 Å². The highest BCUT2D eigenvalue weighted by atomic mass is 79.9. The van der Waals surface area contributed by atoms with Crippen molar-refractivity contribution in [2.75, 3.05) is 13.1 Å². The third-order valence-corrected chi connectivity index (χ3v) is 4.65. The average Bonchev–Trinajstić information content (AvgIpc) is 2.96. The smallest absolute Gasteiger partial charge is 0.264 e. The van der Waals surface area contributed by atoms with E-state index in [0.29, 0.717) is 18.7 Å². The molecule has 1 fully saturated rings. The molecule has 96 valence electrons. The molecule has 0 unspecified atom stereocenters. The van der Waals surface area contributed by atoms with Gasteiger partial charge in [-0.15, -0.1) is 11.3 Å². The summed E-state index contributed by atoms with van der Waals surface area (Å²) in [4.78, 5) is 14.6. The Balaban J connectivity index is 1.64. The number of nitriles is 1. The van der Waals surface area contributed by atoms with Crippen molar-refractivity contribution in [1.82, 2.24) is 14.7 Å². The fraction of sp³-hybridized carbons (Fsp3) is 0.250. The van der Waals surface area contributed by atoms with Gasteiger partial charge in [0.2, 0.25) is 0 Å². The van der Waals surface area contributed by atoms with Crippen LogP contribution < -0.4 is 0 Å². The molecule has 0 N–H and O–H groups in total. The number of carbonyl (C=O) groups excluding carboxylic acids is 1. The minimum Gasteiger partial charge on any atom is -0.334 e. The van der Waals surface area contributed by atoms with Crippen LogP contribution in [-0.4, -0.2) is 33.7 Å². The van der Waals surface area contributed by atoms with E-state index in [2.05, 4.69) is 21.0 Å². The maximum atomic E-state index is 12.1. The van der Waals surface area contributed by atoms with Gasteiger partial charge in [0.1, 0.15) is 6.07 Å². The first-order valence-corrected chi connectivity index (χ1v) is 7.27. The molecule has 5 nitrogen and oxygen atoms in total. The molecule has 1 saturated heterocycles. The highest BCUT2D eigenvalue weighted by molar-refractivity contribution is 9.11. The maximum Gasteiger partial charge on any atom is 0.264 e. The summed E-state index contributed by atoms with van der Waals surface area (Å²) >= 11 is 4.79. The molecular weight excluding hydrogens is 328 g/mol. The largest absolute Gasteiger partial charge is 0.334 e. The highest BCUT2D eigenvalue weighted by Gasteiger charge is 2.33. The predicted molar refractivity (Wildman–Crippen MR) is 73.9 cm³/mol. The Morgan fingerprint density at radius 3 is 2.89 bits per heavy atom. The zero-order valence-electron chi connectivity index (χ0n) is 9.78. The fourth-order valence-electron chi connectivity index (χ4n) is 1.97. The van der Waals surface area contributed by atoms with Gasteiger partial charge in [-0.2, -0.15) is 10.4 Å². The van der Waals surface area contributed by atoms with Gasteiger partial charge in [0.25, 0.3) is 5.91 Å². The molecular formula is C12H9BrN4OS. The molecule has 3 heterocycles. The Hall–Kier alpha value is -1.65. The molecule has 2 aromatic rings. The van der Waals surface area contributed by atoms with Gasteiger partial charge < -0.3 is 4.90 Å². The monoisotopic (exact) mass is 336 g/mol. The van der Waals surface area contributed by atoms with Crippen LogP contribution in [0.15, 0.2) is 28.3 Å². The summed E-state index contributed by atoms with van der Waals surface area (Å²) in [6.07, 6.45) is 3.26. The van der Waals surface area contributed by atoms with E-state index in [4.69, 9.17) is 5.26 Å². The van der Waals surface area contributed by atoms with Crippen LogP contribution in [0.5, 0.6) is 0 Å².